The molecule has 31 heavy (non-hydrogen) atoms. The van der Waals surface area contributed by atoms with E-state index in [9.17, 15) is 18.4 Å². The van der Waals surface area contributed by atoms with Gasteiger partial charge >= 0.3 is 6.09 Å². The number of ketones is 1. The average molecular weight is 429 g/mol. The van der Waals surface area contributed by atoms with Gasteiger partial charge in [0.05, 0.1) is 23.0 Å². The van der Waals surface area contributed by atoms with Crippen LogP contribution in [-0.2, 0) is 16.0 Å². The minimum Gasteiger partial charge on any atom is -0.444 e. The van der Waals surface area contributed by atoms with Crippen LogP contribution in [0.2, 0.25) is 0 Å². The van der Waals surface area contributed by atoms with E-state index in [1.54, 1.807) is 36.5 Å². The summed E-state index contributed by atoms with van der Waals surface area (Å²) in [5.41, 5.74) is 1.40. The first kappa shape index (κ1) is 21.2. The number of amides is 1. The monoisotopic (exact) mass is 429 g/mol. The Morgan fingerprint density at radius 1 is 1.19 bits per heavy atom. The number of ether oxygens (including phenoxy) is 1. The Morgan fingerprint density at radius 2 is 1.94 bits per heavy atom. The number of carbonyl (C=O) groups excluding carboxylic acids is 2. The third kappa shape index (κ3) is 3.75. The highest BCUT2D eigenvalue weighted by molar-refractivity contribution is 5.90. The van der Waals surface area contributed by atoms with E-state index in [2.05, 4.69) is 5.10 Å². The number of aromatic nitrogens is 2. The van der Waals surface area contributed by atoms with Crippen molar-refractivity contribution in [1.82, 2.24) is 14.7 Å². The molecule has 2 aromatic rings. The van der Waals surface area contributed by atoms with E-state index in [0.717, 1.165) is 29.0 Å². The Bertz CT molecular complexity index is 1100. The van der Waals surface area contributed by atoms with Crippen LogP contribution in [0.15, 0.2) is 30.0 Å². The minimum absolute atomic E-state index is 0.0294. The van der Waals surface area contributed by atoms with E-state index in [1.807, 2.05) is 6.08 Å². The molecule has 1 saturated heterocycles. The lowest BCUT2D eigenvalue weighted by Crippen LogP contribution is -2.53. The lowest BCUT2D eigenvalue weighted by Gasteiger charge is -2.45. The van der Waals surface area contributed by atoms with Gasteiger partial charge in [0.1, 0.15) is 11.4 Å². The first-order valence-electron chi connectivity index (χ1n) is 10.2. The summed E-state index contributed by atoms with van der Waals surface area (Å²) in [6.45, 7) is 7.63. The van der Waals surface area contributed by atoms with Crippen LogP contribution >= 0.6 is 0 Å². The SMILES string of the molecule is CC(=O)[C@]12Cc3cnn(-c4ccc(F)c(F)c4)c3C=C1CCN(C(=O)OC(C)(C)C)C2. The third-order valence-corrected chi connectivity index (χ3v) is 5.89. The van der Waals surface area contributed by atoms with Crippen molar-refractivity contribution in [3.8, 4) is 5.69 Å². The molecule has 1 amide bonds. The normalized spacial score (nSPS) is 20.6. The summed E-state index contributed by atoms with van der Waals surface area (Å²) < 4.78 is 34.2. The van der Waals surface area contributed by atoms with Gasteiger partial charge in [0.25, 0.3) is 0 Å². The van der Waals surface area contributed by atoms with E-state index in [-0.39, 0.29) is 12.3 Å². The lowest BCUT2D eigenvalue weighted by atomic mass is 9.66. The van der Waals surface area contributed by atoms with Crippen molar-refractivity contribution in [3.63, 3.8) is 0 Å². The van der Waals surface area contributed by atoms with Crippen LogP contribution in [-0.4, -0.2) is 45.2 Å². The number of likely N-dealkylation sites (tertiary alicyclic amines) is 1. The number of fused-ring (bicyclic) bond motifs is 2. The van der Waals surface area contributed by atoms with Gasteiger partial charge in [-0.25, -0.2) is 18.3 Å². The standard InChI is InChI=1S/C23H25F2N3O3/c1-14(29)23-11-15-12-26-28(17-5-6-18(24)19(25)10-17)20(15)9-16(23)7-8-27(13-23)21(30)31-22(2,3)4/h5-6,9-10,12H,7-8,11,13H2,1-4H3/t23-/m1/s1. The topological polar surface area (TPSA) is 64.4 Å². The number of piperidine rings is 1. The van der Waals surface area contributed by atoms with Crippen molar-refractivity contribution < 1.29 is 23.1 Å². The number of hydrogen-bond donors (Lipinski definition) is 0. The maximum Gasteiger partial charge on any atom is 0.410 e. The Morgan fingerprint density at radius 3 is 2.58 bits per heavy atom. The second-order valence-corrected chi connectivity index (χ2v) is 9.20. The van der Waals surface area contributed by atoms with Crippen molar-refractivity contribution >= 4 is 18.0 Å². The fourth-order valence-corrected chi connectivity index (χ4v) is 4.32. The van der Waals surface area contributed by atoms with E-state index in [1.165, 1.54) is 13.0 Å². The van der Waals surface area contributed by atoms with Gasteiger partial charge in [0, 0.05) is 19.2 Å². The number of benzene rings is 1. The minimum atomic E-state index is -0.950. The molecule has 0 radical (unpaired) electrons. The van der Waals surface area contributed by atoms with Crippen LogP contribution < -0.4 is 0 Å². The fourth-order valence-electron chi connectivity index (χ4n) is 4.32. The lowest BCUT2D eigenvalue weighted by molar-refractivity contribution is -0.126. The predicted molar refractivity (Wildman–Crippen MR) is 111 cm³/mol. The molecule has 0 bridgehead atoms. The van der Waals surface area contributed by atoms with Gasteiger partial charge in [-0.3, -0.25) is 4.79 Å². The molecular weight excluding hydrogens is 404 g/mol. The second-order valence-electron chi connectivity index (χ2n) is 9.20. The number of halogens is 2. The molecule has 164 valence electrons. The first-order valence-corrected chi connectivity index (χ1v) is 10.2. The van der Waals surface area contributed by atoms with Crippen molar-refractivity contribution in [2.45, 2.75) is 46.1 Å². The van der Waals surface area contributed by atoms with E-state index in [0.29, 0.717) is 25.1 Å². The summed E-state index contributed by atoms with van der Waals surface area (Å²) in [6, 6.07) is 3.62. The number of carbonyl (C=O) groups is 2. The molecule has 4 rings (SSSR count). The molecule has 0 unspecified atom stereocenters. The average Bonchev–Trinajstić information content (AvgIpc) is 3.08. The summed E-state index contributed by atoms with van der Waals surface area (Å²) >= 11 is 0. The van der Waals surface area contributed by atoms with Crippen LogP contribution in [0.25, 0.3) is 11.8 Å². The smallest absolute Gasteiger partial charge is 0.410 e. The van der Waals surface area contributed by atoms with E-state index in [4.69, 9.17) is 4.74 Å². The summed E-state index contributed by atoms with van der Waals surface area (Å²) in [4.78, 5) is 27.1. The first-order chi connectivity index (χ1) is 14.5. The summed E-state index contributed by atoms with van der Waals surface area (Å²) in [5.74, 6) is -1.90. The van der Waals surface area contributed by atoms with Gasteiger partial charge < -0.3 is 9.64 Å². The maximum atomic E-state index is 13.7. The highest BCUT2D eigenvalue weighted by atomic mass is 19.2. The van der Waals surface area contributed by atoms with Gasteiger partial charge in [0.2, 0.25) is 0 Å². The summed E-state index contributed by atoms with van der Waals surface area (Å²) in [5, 5.41) is 4.36. The van der Waals surface area contributed by atoms with Crippen LogP contribution in [0.1, 0.15) is 45.4 Å². The van der Waals surface area contributed by atoms with Crippen molar-refractivity contribution in [3.05, 3.63) is 52.9 Å². The largest absolute Gasteiger partial charge is 0.444 e. The maximum absolute atomic E-state index is 13.7. The van der Waals surface area contributed by atoms with Gasteiger partial charge in [-0.1, -0.05) is 5.57 Å². The molecule has 6 nitrogen and oxygen atoms in total. The fraction of sp³-hybridized carbons (Fsp3) is 0.435. The molecule has 1 atom stereocenters. The zero-order chi connectivity index (χ0) is 22.6. The van der Waals surface area contributed by atoms with Gasteiger partial charge in [-0.15, -0.1) is 0 Å². The zero-order valence-electron chi connectivity index (χ0n) is 18.0. The van der Waals surface area contributed by atoms with Crippen LogP contribution in [0.4, 0.5) is 13.6 Å². The Kier molecular flexibility index (Phi) is 4.98. The summed E-state index contributed by atoms with van der Waals surface area (Å²) in [6.07, 6.45) is 4.01. The van der Waals surface area contributed by atoms with Crippen molar-refractivity contribution in [2.75, 3.05) is 13.1 Å². The number of rotatable bonds is 2. The molecule has 1 aromatic carbocycles. The number of hydrogen-bond acceptors (Lipinski definition) is 4. The Labute approximate surface area is 179 Å². The molecule has 1 fully saturated rings. The molecule has 0 N–H and O–H groups in total. The molecule has 0 saturated carbocycles. The molecule has 2 heterocycles. The second kappa shape index (κ2) is 7.28. The van der Waals surface area contributed by atoms with Crippen molar-refractivity contribution in [1.29, 1.82) is 0 Å². The van der Waals surface area contributed by atoms with Gasteiger partial charge in [-0.05, 0) is 64.3 Å². The summed E-state index contributed by atoms with van der Waals surface area (Å²) in [7, 11) is 0. The quantitative estimate of drug-likeness (QED) is 0.714. The molecular formula is C23H25F2N3O3. The molecule has 2 aliphatic rings. The number of Topliss-reactive ketones (excluding diaryl/α,β-unsaturated/α-hetero) is 1. The molecule has 1 aliphatic carbocycles. The molecule has 8 heteroatoms. The molecule has 1 aliphatic heterocycles. The van der Waals surface area contributed by atoms with Crippen molar-refractivity contribution in [2.24, 2.45) is 5.41 Å². The van der Waals surface area contributed by atoms with Crippen LogP contribution in [0.5, 0.6) is 0 Å². The van der Waals surface area contributed by atoms with Crippen LogP contribution in [0, 0.1) is 17.0 Å². The number of nitrogens with zero attached hydrogens (tertiary/aromatic N) is 3. The van der Waals surface area contributed by atoms with Gasteiger partial charge in [0.15, 0.2) is 11.6 Å². The predicted octanol–water partition coefficient (Wildman–Crippen LogP) is 4.31. The molecule has 0 spiro atoms. The van der Waals surface area contributed by atoms with E-state index < -0.39 is 28.7 Å². The highest BCUT2D eigenvalue weighted by Crippen LogP contribution is 2.45. The Balaban J connectivity index is 1.69. The van der Waals surface area contributed by atoms with E-state index >= 15 is 0 Å². The highest BCUT2D eigenvalue weighted by Gasteiger charge is 2.48. The zero-order valence-corrected chi connectivity index (χ0v) is 18.0. The van der Waals surface area contributed by atoms with Crippen LogP contribution in [0.3, 0.4) is 0 Å². The van der Waals surface area contributed by atoms with Gasteiger partial charge in [-0.2, -0.15) is 5.10 Å². The molecule has 1 aromatic heterocycles. The third-order valence-electron chi connectivity index (χ3n) is 5.89. The Hall–Kier alpha value is -3.03.